The lowest BCUT2D eigenvalue weighted by Crippen LogP contribution is -2.24. The number of hydrogen-bond donors (Lipinski definition) is 1. The molecule has 1 aromatic carbocycles. The molecule has 0 atom stereocenters. The number of nitrogens with zero attached hydrogens (tertiary/aromatic N) is 4. The molecule has 2 aromatic rings. The van der Waals surface area contributed by atoms with Crippen LogP contribution in [0.5, 0.6) is 0 Å². The van der Waals surface area contributed by atoms with Crippen LogP contribution in [0.25, 0.3) is 5.57 Å². The molecule has 0 aliphatic carbocycles. The normalized spacial score (nSPS) is 13.0. The first-order valence-electron chi connectivity index (χ1n) is 5.57. The van der Waals surface area contributed by atoms with Crippen molar-refractivity contribution < 1.29 is 9.72 Å². The minimum atomic E-state index is -0.533. The van der Waals surface area contributed by atoms with E-state index in [9.17, 15) is 14.9 Å². The summed E-state index contributed by atoms with van der Waals surface area (Å²) in [5.41, 5.74) is 5.86. The van der Waals surface area contributed by atoms with Crippen LogP contribution >= 0.6 is 0 Å². The van der Waals surface area contributed by atoms with Crippen LogP contribution in [0.2, 0.25) is 0 Å². The highest BCUT2D eigenvalue weighted by atomic mass is 16.6. The molecule has 1 aromatic heterocycles. The summed E-state index contributed by atoms with van der Waals surface area (Å²) in [6.45, 7) is 0. The number of non-ortho nitro benzene ring substituents is 1. The number of nitrogens with two attached hydrogens (primary N) is 1. The minimum Gasteiger partial charge on any atom is -0.368 e. The Kier molecular flexibility index (Phi) is 2.50. The van der Waals surface area contributed by atoms with Gasteiger partial charge < -0.3 is 5.73 Å². The number of nitrogen functional groups attached to an aromatic ring is 1. The van der Waals surface area contributed by atoms with Crippen LogP contribution in [0, 0.1) is 10.1 Å². The molecule has 8 heteroatoms. The highest BCUT2D eigenvalue weighted by Gasteiger charge is 2.21. The molecule has 0 fully saturated rings. The quantitative estimate of drug-likeness (QED) is 0.569. The molecule has 0 bridgehead atoms. The van der Waals surface area contributed by atoms with Crippen LogP contribution in [-0.2, 0) is 4.79 Å². The van der Waals surface area contributed by atoms with Gasteiger partial charge in [-0.1, -0.05) is 0 Å². The Morgan fingerprint density at radius 2 is 2.05 bits per heavy atom. The summed E-state index contributed by atoms with van der Waals surface area (Å²) in [6.07, 6.45) is 1.41. The summed E-state index contributed by atoms with van der Waals surface area (Å²) in [5, 5.41) is 11.6. The van der Waals surface area contributed by atoms with Crippen molar-refractivity contribution in [2.75, 3.05) is 5.73 Å². The van der Waals surface area contributed by atoms with Gasteiger partial charge in [-0.15, -0.1) is 0 Å². The molecule has 0 saturated heterocycles. The van der Waals surface area contributed by atoms with Crippen molar-refractivity contribution in [3.05, 3.63) is 56.8 Å². The molecule has 2 heterocycles. The molecule has 2 N–H and O–H groups in total. The maximum Gasteiger partial charge on any atom is 0.280 e. The van der Waals surface area contributed by atoms with Gasteiger partial charge in [-0.2, -0.15) is 0 Å². The van der Waals surface area contributed by atoms with Crippen LogP contribution in [0.15, 0.2) is 35.5 Å². The average molecular weight is 269 g/mol. The molecule has 1 aliphatic rings. The molecule has 0 radical (unpaired) electrons. The van der Waals surface area contributed by atoms with Gasteiger partial charge in [-0.3, -0.25) is 14.9 Å². The van der Waals surface area contributed by atoms with Crippen LogP contribution in [-0.4, -0.2) is 20.8 Å². The second-order valence-electron chi connectivity index (χ2n) is 4.05. The first kappa shape index (κ1) is 11.9. The number of fused-ring (bicyclic) bond motifs is 1. The van der Waals surface area contributed by atoms with E-state index in [2.05, 4.69) is 15.0 Å². The number of nitro benzene ring substituents is 1. The number of anilines is 1. The number of benzene rings is 1. The fourth-order valence-electron chi connectivity index (χ4n) is 1.98. The van der Waals surface area contributed by atoms with E-state index in [1.165, 1.54) is 30.5 Å². The van der Waals surface area contributed by atoms with E-state index in [0.717, 1.165) is 0 Å². The number of nitro groups is 1. The number of rotatable bonds is 2. The van der Waals surface area contributed by atoms with Crippen molar-refractivity contribution in [3.63, 3.8) is 0 Å². The molecule has 0 spiro atoms. The Morgan fingerprint density at radius 3 is 2.75 bits per heavy atom. The minimum absolute atomic E-state index is 0.0154. The lowest BCUT2D eigenvalue weighted by Gasteiger charge is -1.99. The molecule has 1 aliphatic heterocycles. The molecule has 20 heavy (non-hydrogen) atoms. The van der Waals surface area contributed by atoms with Gasteiger partial charge >= 0.3 is 0 Å². The number of amides is 1. The smallest absolute Gasteiger partial charge is 0.280 e. The standard InChI is InChI=1S/C12H7N5O3/c13-12-14-4-3-9(16-12)10-7-5-6(17(19)20)1-2-8(7)15-11(10)18/h1-5H,(H2,13,14,16). The average Bonchev–Trinajstić information content (AvgIpc) is 2.73. The SMILES string of the molecule is Nc1nccc(C2=c3cc([N+](=O)[O-])ccc3=NC2=O)n1. The van der Waals surface area contributed by atoms with Crippen molar-refractivity contribution in [2.24, 2.45) is 4.99 Å². The predicted octanol–water partition coefficient (Wildman–Crippen LogP) is -0.674. The molecule has 8 nitrogen and oxygen atoms in total. The third-order valence-electron chi connectivity index (χ3n) is 2.83. The maximum atomic E-state index is 11.9. The van der Waals surface area contributed by atoms with Gasteiger partial charge in [0.05, 0.1) is 21.5 Å². The maximum absolute atomic E-state index is 11.9. The van der Waals surface area contributed by atoms with Crippen molar-refractivity contribution in [2.45, 2.75) is 0 Å². The first-order chi connectivity index (χ1) is 9.56. The Bertz CT molecular complexity index is 875. The van der Waals surface area contributed by atoms with E-state index in [0.29, 0.717) is 16.3 Å². The number of hydrogen-bond acceptors (Lipinski definition) is 6. The van der Waals surface area contributed by atoms with Crippen LogP contribution < -0.4 is 16.3 Å². The highest BCUT2D eigenvalue weighted by Crippen LogP contribution is 2.14. The molecule has 98 valence electrons. The van der Waals surface area contributed by atoms with Crippen LogP contribution in [0.1, 0.15) is 5.69 Å². The second-order valence-corrected chi connectivity index (χ2v) is 4.05. The summed E-state index contributed by atoms with van der Waals surface area (Å²) in [5.74, 6) is -0.486. The first-order valence-corrected chi connectivity index (χ1v) is 5.57. The summed E-state index contributed by atoms with van der Waals surface area (Å²) in [7, 11) is 0. The van der Waals surface area contributed by atoms with E-state index in [-0.39, 0.29) is 17.2 Å². The molecule has 0 saturated carbocycles. The lowest BCUT2D eigenvalue weighted by molar-refractivity contribution is -0.385. The second kappa shape index (κ2) is 4.19. The summed E-state index contributed by atoms with van der Waals surface area (Å²) in [6, 6.07) is 5.54. The zero-order valence-electron chi connectivity index (χ0n) is 9.98. The number of aromatic nitrogens is 2. The zero-order valence-corrected chi connectivity index (χ0v) is 9.98. The van der Waals surface area contributed by atoms with Crippen molar-refractivity contribution in [1.82, 2.24) is 9.97 Å². The van der Waals surface area contributed by atoms with E-state index < -0.39 is 10.8 Å². The van der Waals surface area contributed by atoms with Gasteiger partial charge in [0.1, 0.15) is 0 Å². The van der Waals surface area contributed by atoms with Gasteiger partial charge in [0.25, 0.3) is 11.6 Å². The Labute approximate surface area is 111 Å². The van der Waals surface area contributed by atoms with Crippen LogP contribution in [0.4, 0.5) is 11.6 Å². The third-order valence-corrected chi connectivity index (χ3v) is 2.83. The Hall–Kier alpha value is -3.16. The molecule has 1 amide bonds. The van der Waals surface area contributed by atoms with Gasteiger partial charge in [0.15, 0.2) is 0 Å². The monoisotopic (exact) mass is 269 g/mol. The summed E-state index contributed by atoms with van der Waals surface area (Å²) >= 11 is 0. The fraction of sp³-hybridized carbons (Fsp3) is 0. The Morgan fingerprint density at radius 1 is 1.25 bits per heavy atom. The van der Waals surface area contributed by atoms with Crippen molar-refractivity contribution in [3.8, 4) is 0 Å². The van der Waals surface area contributed by atoms with E-state index >= 15 is 0 Å². The van der Waals surface area contributed by atoms with Gasteiger partial charge in [0, 0.05) is 23.5 Å². The van der Waals surface area contributed by atoms with E-state index in [1.54, 1.807) is 0 Å². The van der Waals surface area contributed by atoms with Gasteiger partial charge in [0.2, 0.25) is 5.95 Å². The van der Waals surface area contributed by atoms with Gasteiger partial charge in [-0.05, 0) is 12.1 Å². The highest BCUT2D eigenvalue weighted by molar-refractivity contribution is 6.20. The predicted molar refractivity (Wildman–Crippen MR) is 67.8 cm³/mol. The fourth-order valence-corrected chi connectivity index (χ4v) is 1.98. The molecular formula is C12H7N5O3. The third kappa shape index (κ3) is 1.79. The summed E-state index contributed by atoms with van der Waals surface area (Å²) < 4.78 is 0. The topological polar surface area (TPSA) is 124 Å². The largest absolute Gasteiger partial charge is 0.368 e. The molecule has 3 rings (SSSR count). The Balaban J connectivity index is 2.35. The van der Waals surface area contributed by atoms with E-state index in [4.69, 9.17) is 5.73 Å². The van der Waals surface area contributed by atoms with Crippen molar-refractivity contribution >= 4 is 23.1 Å². The molecule has 0 unspecified atom stereocenters. The lowest BCUT2D eigenvalue weighted by atomic mass is 10.1. The number of carbonyl (C=O) groups is 1. The van der Waals surface area contributed by atoms with Crippen LogP contribution in [0.3, 0.4) is 0 Å². The van der Waals surface area contributed by atoms with E-state index in [1.807, 2.05) is 0 Å². The van der Waals surface area contributed by atoms with Crippen molar-refractivity contribution in [1.29, 1.82) is 0 Å². The number of carbonyl (C=O) groups excluding carboxylic acids is 1. The van der Waals surface area contributed by atoms with Gasteiger partial charge in [-0.25, -0.2) is 15.0 Å². The molecular weight excluding hydrogens is 262 g/mol. The zero-order chi connectivity index (χ0) is 14.3. The summed E-state index contributed by atoms with van der Waals surface area (Å²) in [4.78, 5) is 33.8.